The molecule has 8 heteroatoms. The summed E-state index contributed by atoms with van der Waals surface area (Å²) in [4.78, 5) is 31.5. The molecule has 1 fully saturated rings. The summed E-state index contributed by atoms with van der Waals surface area (Å²) in [7, 11) is 4.74. The first kappa shape index (κ1) is 25.0. The maximum Gasteiger partial charge on any atom is 0.295 e. The van der Waals surface area contributed by atoms with E-state index in [-0.39, 0.29) is 17.9 Å². The lowest BCUT2D eigenvalue weighted by Crippen LogP contribution is -2.31. The molecule has 0 aliphatic carbocycles. The SMILES string of the molecule is COc1ccc(C(O)=C2C(=O)C(=O)N(CCc3c[nH]c4ccc(OC)cc34)[C@H]2c2ccc(OC)cc2)cc1. The van der Waals surface area contributed by atoms with E-state index in [0.717, 1.165) is 22.2 Å². The van der Waals surface area contributed by atoms with Gasteiger partial charge in [-0.3, -0.25) is 9.59 Å². The monoisotopic (exact) mass is 512 g/mol. The standard InChI is InChI=1S/C30H28N2O6/c1-36-21-8-4-18(5-9-21)27-26(28(33)19-6-10-22(37-2)11-7-19)29(34)30(35)32(27)15-14-20-17-31-25-13-12-23(38-3)16-24(20)25/h4-13,16-17,27,31,33H,14-15H2,1-3H3/t27-/m0/s1. The number of hydrogen-bond acceptors (Lipinski definition) is 6. The molecule has 194 valence electrons. The number of hydrogen-bond donors (Lipinski definition) is 2. The molecule has 8 nitrogen and oxygen atoms in total. The van der Waals surface area contributed by atoms with Gasteiger partial charge in [0.15, 0.2) is 0 Å². The lowest BCUT2D eigenvalue weighted by atomic mass is 9.95. The summed E-state index contributed by atoms with van der Waals surface area (Å²) in [5, 5.41) is 12.3. The molecule has 1 amide bonds. The van der Waals surface area contributed by atoms with Gasteiger partial charge in [-0.2, -0.15) is 0 Å². The van der Waals surface area contributed by atoms with Gasteiger partial charge in [-0.1, -0.05) is 12.1 Å². The van der Waals surface area contributed by atoms with Crippen LogP contribution in [0.15, 0.2) is 78.5 Å². The van der Waals surface area contributed by atoms with Crippen LogP contribution in [0.25, 0.3) is 16.7 Å². The number of nitrogens with zero attached hydrogens (tertiary/aromatic N) is 1. The summed E-state index contributed by atoms with van der Waals surface area (Å²) in [5.41, 5.74) is 3.11. The number of fused-ring (bicyclic) bond motifs is 1. The van der Waals surface area contributed by atoms with E-state index < -0.39 is 17.7 Å². The van der Waals surface area contributed by atoms with Crippen molar-refractivity contribution in [2.24, 2.45) is 0 Å². The number of rotatable bonds is 8. The number of methoxy groups -OCH3 is 3. The highest BCUT2D eigenvalue weighted by molar-refractivity contribution is 6.46. The molecule has 0 unspecified atom stereocenters. The molecule has 5 rings (SSSR count). The Morgan fingerprint density at radius 1 is 0.868 bits per heavy atom. The Hall–Kier alpha value is -4.72. The van der Waals surface area contributed by atoms with Crippen LogP contribution in [0.3, 0.4) is 0 Å². The second-order valence-electron chi connectivity index (χ2n) is 8.97. The van der Waals surface area contributed by atoms with E-state index in [0.29, 0.717) is 29.0 Å². The Bertz CT molecular complexity index is 1520. The number of aliphatic hydroxyl groups is 1. The third-order valence-electron chi connectivity index (χ3n) is 6.93. The lowest BCUT2D eigenvalue weighted by molar-refractivity contribution is -0.139. The van der Waals surface area contributed by atoms with Crippen LogP contribution in [0.5, 0.6) is 17.2 Å². The molecule has 0 radical (unpaired) electrons. The van der Waals surface area contributed by atoms with Gasteiger partial charge in [0.05, 0.1) is 32.9 Å². The topological polar surface area (TPSA) is 101 Å². The number of carbonyl (C=O) groups excluding carboxylic acids is 2. The van der Waals surface area contributed by atoms with Crippen LogP contribution in [-0.2, 0) is 16.0 Å². The highest BCUT2D eigenvalue weighted by Crippen LogP contribution is 2.40. The van der Waals surface area contributed by atoms with E-state index in [1.54, 1.807) is 69.9 Å². The van der Waals surface area contributed by atoms with Crippen molar-refractivity contribution >= 4 is 28.4 Å². The minimum absolute atomic E-state index is 0.0472. The van der Waals surface area contributed by atoms with Gasteiger partial charge >= 0.3 is 0 Å². The molecule has 1 saturated heterocycles. The highest BCUT2D eigenvalue weighted by atomic mass is 16.5. The molecule has 38 heavy (non-hydrogen) atoms. The molecule has 4 aromatic rings. The van der Waals surface area contributed by atoms with Crippen molar-refractivity contribution in [3.05, 3.63) is 95.2 Å². The van der Waals surface area contributed by atoms with Crippen LogP contribution >= 0.6 is 0 Å². The molecule has 2 N–H and O–H groups in total. The van der Waals surface area contributed by atoms with Gasteiger partial charge in [0.2, 0.25) is 0 Å². The summed E-state index contributed by atoms with van der Waals surface area (Å²) >= 11 is 0. The van der Waals surface area contributed by atoms with Gasteiger partial charge < -0.3 is 29.2 Å². The number of amides is 1. The number of Topliss-reactive ketones (excluding diaryl/α,β-unsaturated/α-hetero) is 1. The van der Waals surface area contributed by atoms with Crippen LogP contribution in [-0.4, -0.2) is 54.6 Å². The van der Waals surface area contributed by atoms with Gasteiger partial charge in [-0.25, -0.2) is 0 Å². The average Bonchev–Trinajstić information content (AvgIpc) is 3.48. The molecule has 2 heterocycles. The summed E-state index contributed by atoms with van der Waals surface area (Å²) < 4.78 is 15.9. The fourth-order valence-corrected chi connectivity index (χ4v) is 4.88. The third-order valence-corrected chi connectivity index (χ3v) is 6.93. The fraction of sp³-hybridized carbons (Fsp3) is 0.200. The second-order valence-corrected chi connectivity index (χ2v) is 8.97. The molecule has 0 saturated carbocycles. The summed E-state index contributed by atoms with van der Waals surface area (Å²) in [6, 6.07) is 18.9. The molecular weight excluding hydrogens is 484 g/mol. The van der Waals surface area contributed by atoms with Crippen LogP contribution in [0, 0.1) is 0 Å². The predicted octanol–water partition coefficient (Wildman–Crippen LogP) is 4.86. The molecule has 1 atom stereocenters. The molecule has 0 bridgehead atoms. The van der Waals surface area contributed by atoms with Crippen LogP contribution in [0.1, 0.15) is 22.7 Å². The van der Waals surface area contributed by atoms with E-state index in [4.69, 9.17) is 14.2 Å². The van der Waals surface area contributed by atoms with Crippen molar-refractivity contribution in [3.63, 3.8) is 0 Å². The first-order chi connectivity index (χ1) is 18.4. The maximum absolute atomic E-state index is 13.3. The summed E-state index contributed by atoms with van der Waals surface area (Å²) in [6.07, 6.45) is 2.40. The summed E-state index contributed by atoms with van der Waals surface area (Å²) in [6.45, 7) is 0.269. The van der Waals surface area contributed by atoms with E-state index in [1.807, 2.05) is 24.4 Å². The quantitative estimate of drug-likeness (QED) is 0.199. The fourth-order valence-electron chi connectivity index (χ4n) is 4.88. The highest BCUT2D eigenvalue weighted by Gasteiger charge is 2.45. The molecule has 3 aromatic carbocycles. The Labute approximate surface area is 220 Å². The number of H-pyrrole nitrogens is 1. The number of aromatic nitrogens is 1. The Morgan fingerprint density at radius 2 is 1.47 bits per heavy atom. The van der Waals surface area contributed by atoms with E-state index in [9.17, 15) is 14.7 Å². The molecule has 1 aromatic heterocycles. The zero-order valence-electron chi connectivity index (χ0n) is 21.4. The van der Waals surface area contributed by atoms with Gasteiger partial charge in [-0.05, 0) is 72.1 Å². The Kier molecular flexibility index (Phi) is 6.79. The largest absolute Gasteiger partial charge is 0.507 e. The number of aromatic amines is 1. The molecular formula is C30H28N2O6. The maximum atomic E-state index is 13.3. The number of ether oxygens (including phenoxy) is 3. The number of likely N-dealkylation sites (tertiary alicyclic amines) is 1. The number of aliphatic hydroxyl groups excluding tert-OH is 1. The number of benzene rings is 3. The van der Waals surface area contributed by atoms with E-state index in [2.05, 4.69) is 4.98 Å². The first-order valence-electron chi connectivity index (χ1n) is 12.2. The second kappa shape index (κ2) is 10.3. The predicted molar refractivity (Wildman–Crippen MR) is 144 cm³/mol. The van der Waals surface area contributed by atoms with Crippen molar-refractivity contribution < 1.29 is 28.9 Å². The minimum atomic E-state index is -0.761. The Balaban J connectivity index is 1.54. The van der Waals surface area contributed by atoms with Crippen molar-refractivity contribution in [1.29, 1.82) is 0 Å². The van der Waals surface area contributed by atoms with Crippen molar-refractivity contribution in [2.75, 3.05) is 27.9 Å². The van der Waals surface area contributed by atoms with E-state index in [1.165, 1.54) is 4.90 Å². The first-order valence-corrected chi connectivity index (χ1v) is 12.2. The van der Waals surface area contributed by atoms with Gasteiger partial charge in [0, 0.05) is 29.2 Å². The van der Waals surface area contributed by atoms with Crippen molar-refractivity contribution in [3.8, 4) is 17.2 Å². The Morgan fingerprint density at radius 3 is 2.11 bits per heavy atom. The van der Waals surface area contributed by atoms with Gasteiger partial charge in [-0.15, -0.1) is 0 Å². The zero-order chi connectivity index (χ0) is 26.8. The van der Waals surface area contributed by atoms with Crippen LogP contribution < -0.4 is 14.2 Å². The molecule has 1 aliphatic heterocycles. The molecule has 0 spiro atoms. The smallest absolute Gasteiger partial charge is 0.295 e. The van der Waals surface area contributed by atoms with Crippen LogP contribution in [0.2, 0.25) is 0 Å². The van der Waals surface area contributed by atoms with Crippen LogP contribution in [0.4, 0.5) is 0 Å². The molecule has 1 aliphatic rings. The van der Waals surface area contributed by atoms with Crippen molar-refractivity contribution in [2.45, 2.75) is 12.5 Å². The zero-order valence-corrected chi connectivity index (χ0v) is 21.4. The minimum Gasteiger partial charge on any atom is -0.507 e. The average molecular weight is 513 g/mol. The normalized spacial score (nSPS) is 16.7. The lowest BCUT2D eigenvalue weighted by Gasteiger charge is -2.25. The number of ketones is 1. The van der Waals surface area contributed by atoms with Gasteiger partial charge in [0.25, 0.3) is 11.7 Å². The number of nitrogens with one attached hydrogen (secondary N) is 1. The summed E-state index contributed by atoms with van der Waals surface area (Å²) in [5.74, 6) is 0.387. The van der Waals surface area contributed by atoms with E-state index >= 15 is 0 Å². The van der Waals surface area contributed by atoms with Gasteiger partial charge in [0.1, 0.15) is 23.0 Å². The van der Waals surface area contributed by atoms with Crippen molar-refractivity contribution in [1.82, 2.24) is 9.88 Å². The number of carbonyl (C=O) groups is 2. The third kappa shape index (κ3) is 4.45.